The van der Waals surface area contributed by atoms with Gasteiger partial charge in [0.1, 0.15) is 23.8 Å². The summed E-state index contributed by atoms with van der Waals surface area (Å²) in [5.41, 5.74) is 12.9. The topological polar surface area (TPSA) is 113 Å². The third-order valence-electron chi connectivity index (χ3n) is 3.01. The van der Waals surface area contributed by atoms with E-state index in [1.54, 1.807) is 24.3 Å². The largest absolute Gasteiger partial charge is 0.384 e. The molecule has 0 saturated heterocycles. The summed E-state index contributed by atoms with van der Waals surface area (Å²) in [6, 6.07) is 6.77. The van der Waals surface area contributed by atoms with Gasteiger partial charge in [-0.15, -0.1) is 0 Å². The van der Waals surface area contributed by atoms with Crippen molar-refractivity contribution in [3.8, 4) is 5.82 Å². The number of nitrogen functional groups attached to an aromatic ring is 1. The number of aryl methyl sites for hydroxylation is 1. The average molecular weight is 268 g/mol. The van der Waals surface area contributed by atoms with Crippen molar-refractivity contribution in [2.75, 3.05) is 5.73 Å². The third-order valence-corrected chi connectivity index (χ3v) is 3.01. The number of primary amides is 1. The second-order valence-corrected chi connectivity index (χ2v) is 4.36. The van der Waals surface area contributed by atoms with Crippen LogP contribution in [0.2, 0.25) is 0 Å². The molecular weight excluding hydrogens is 256 g/mol. The van der Waals surface area contributed by atoms with Gasteiger partial charge in [0.05, 0.1) is 11.0 Å². The summed E-state index contributed by atoms with van der Waals surface area (Å²) < 4.78 is 1.85. The first kappa shape index (κ1) is 12.1. The average Bonchev–Trinajstić information content (AvgIpc) is 2.73. The number of hydrogen-bond donors (Lipinski definition) is 2. The summed E-state index contributed by atoms with van der Waals surface area (Å²) in [4.78, 5) is 23.7. The Morgan fingerprint density at radius 3 is 2.75 bits per heavy atom. The van der Waals surface area contributed by atoms with Crippen molar-refractivity contribution >= 4 is 22.8 Å². The van der Waals surface area contributed by atoms with E-state index in [0.717, 1.165) is 11.3 Å². The van der Waals surface area contributed by atoms with Crippen molar-refractivity contribution in [3.05, 3.63) is 42.0 Å². The standard InChI is InChI=1S/C13H12N6O/c1-7-18-9-4-8(13(15)20)2-3-10(9)19(7)12-5-11(14)16-6-17-12/h2-6H,1H3,(H2,15,20)(H2,14,16,17). The molecule has 7 nitrogen and oxygen atoms in total. The number of imidazole rings is 1. The Labute approximate surface area is 114 Å². The van der Waals surface area contributed by atoms with E-state index in [2.05, 4.69) is 15.0 Å². The summed E-state index contributed by atoms with van der Waals surface area (Å²) in [5, 5.41) is 0. The molecular formula is C13H12N6O. The van der Waals surface area contributed by atoms with Crippen LogP contribution in [0, 0.1) is 6.92 Å². The highest BCUT2D eigenvalue weighted by Gasteiger charge is 2.12. The lowest BCUT2D eigenvalue weighted by molar-refractivity contribution is 0.100. The van der Waals surface area contributed by atoms with Crippen molar-refractivity contribution in [3.63, 3.8) is 0 Å². The van der Waals surface area contributed by atoms with E-state index in [0.29, 0.717) is 22.7 Å². The normalized spacial score (nSPS) is 10.8. The number of carbonyl (C=O) groups excluding carboxylic acids is 1. The van der Waals surface area contributed by atoms with Gasteiger partial charge < -0.3 is 11.5 Å². The van der Waals surface area contributed by atoms with Gasteiger partial charge in [-0.05, 0) is 25.1 Å². The molecule has 0 spiro atoms. The summed E-state index contributed by atoms with van der Waals surface area (Å²) in [6.07, 6.45) is 1.40. The van der Waals surface area contributed by atoms with Crippen LogP contribution in [0.4, 0.5) is 5.82 Å². The molecule has 3 rings (SSSR count). The first-order valence-electron chi connectivity index (χ1n) is 5.93. The number of anilines is 1. The molecule has 0 unspecified atom stereocenters. The monoisotopic (exact) mass is 268 g/mol. The lowest BCUT2D eigenvalue weighted by Gasteiger charge is -2.06. The van der Waals surface area contributed by atoms with Crippen LogP contribution in [0.3, 0.4) is 0 Å². The van der Waals surface area contributed by atoms with Gasteiger partial charge in [0.25, 0.3) is 0 Å². The summed E-state index contributed by atoms with van der Waals surface area (Å²) in [5.74, 6) is 1.26. The Balaban J connectivity index is 2.26. The second kappa shape index (κ2) is 4.30. The Morgan fingerprint density at radius 1 is 1.25 bits per heavy atom. The van der Waals surface area contributed by atoms with E-state index in [1.165, 1.54) is 6.33 Å². The molecule has 0 aliphatic carbocycles. The van der Waals surface area contributed by atoms with Crippen molar-refractivity contribution in [2.24, 2.45) is 5.73 Å². The fourth-order valence-corrected chi connectivity index (χ4v) is 2.13. The van der Waals surface area contributed by atoms with Crippen LogP contribution in [-0.4, -0.2) is 25.4 Å². The Hall–Kier alpha value is -2.96. The lowest BCUT2D eigenvalue weighted by Crippen LogP contribution is -2.10. The van der Waals surface area contributed by atoms with Crippen LogP contribution in [0.5, 0.6) is 0 Å². The first-order valence-corrected chi connectivity index (χ1v) is 5.93. The number of benzene rings is 1. The zero-order valence-electron chi connectivity index (χ0n) is 10.7. The van der Waals surface area contributed by atoms with E-state index in [-0.39, 0.29) is 0 Å². The highest BCUT2D eigenvalue weighted by molar-refractivity contribution is 5.96. The van der Waals surface area contributed by atoms with Gasteiger partial charge in [0.2, 0.25) is 5.91 Å². The van der Waals surface area contributed by atoms with Gasteiger partial charge in [-0.1, -0.05) is 0 Å². The molecule has 4 N–H and O–H groups in total. The van der Waals surface area contributed by atoms with Gasteiger partial charge in [0.15, 0.2) is 0 Å². The molecule has 2 heterocycles. The molecule has 1 amide bonds. The molecule has 0 radical (unpaired) electrons. The summed E-state index contributed by atoms with van der Waals surface area (Å²) >= 11 is 0. The van der Waals surface area contributed by atoms with Crippen LogP contribution in [0.1, 0.15) is 16.2 Å². The maximum Gasteiger partial charge on any atom is 0.248 e. The molecule has 7 heteroatoms. The number of amides is 1. The first-order chi connectivity index (χ1) is 9.56. The molecule has 1 aromatic carbocycles. The molecule has 20 heavy (non-hydrogen) atoms. The minimum Gasteiger partial charge on any atom is -0.384 e. The number of nitrogens with two attached hydrogens (primary N) is 2. The second-order valence-electron chi connectivity index (χ2n) is 4.36. The SMILES string of the molecule is Cc1nc2cc(C(N)=O)ccc2n1-c1cc(N)ncn1. The summed E-state index contributed by atoms with van der Waals surface area (Å²) in [7, 11) is 0. The Kier molecular flexibility index (Phi) is 2.60. The molecule has 0 bridgehead atoms. The number of nitrogens with zero attached hydrogens (tertiary/aromatic N) is 4. The van der Waals surface area contributed by atoms with Crippen molar-refractivity contribution < 1.29 is 4.79 Å². The van der Waals surface area contributed by atoms with Crippen molar-refractivity contribution in [1.29, 1.82) is 0 Å². The van der Waals surface area contributed by atoms with Gasteiger partial charge >= 0.3 is 0 Å². The highest BCUT2D eigenvalue weighted by atomic mass is 16.1. The van der Waals surface area contributed by atoms with Crippen LogP contribution < -0.4 is 11.5 Å². The van der Waals surface area contributed by atoms with E-state index in [9.17, 15) is 4.79 Å². The number of carbonyl (C=O) groups is 1. The van der Waals surface area contributed by atoms with Crippen molar-refractivity contribution in [1.82, 2.24) is 19.5 Å². The molecule has 0 aliphatic rings. The Bertz CT molecular complexity index is 823. The Morgan fingerprint density at radius 2 is 2.05 bits per heavy atom. The highest BCUT2D eigenvalue weighted by Crippen LogP contribution is 2.21. The number of fused-ring (bicyclic) bond motifs is 1. The predicted octanol–water partition coefficient (Wildman–Crippen LogP) is 0.805. The predicted molar refractivity (Wildman–Crippen MR) is 74.3 cm³/mol. The fourth-order valence-electron chi connectivity index (χ4n) is 2.13. The molecule has 0 atom stereocenters. The molecule has 3 aromatic rings. The number of hydrogen-bond acceptors (Lipinski definition) is 5. The van der Waals surface area contributed by atoms with Gasteiger partial charge in [-0.25, -0.2) is 15.0 Å². The van der Waals surface area contributed by atoms with Crippen LogP contribution >= 0.6 is 0 Å². The van der Waals surface area contributed by atoms with E-state index < -0.39 is 5.91 Å². The molecule has 0 fully saturated rings. The maximum atomic E-state index is 11.2. The van der Waals surface area contributed by atoms with Gasteiger partial charge in [-0.2, -0.15) is 0 Å². The van der Waals surface area contributed by atoms with E-state index in [4.69, 9.17) is 11.5 Å². The van der Waals surface area contributed by atoms with Gasteiger partial charge in [0, 0.05) is 11.6 Å². The number of aromatic nitrogens is 4. The third kappa shape index (κ3) is 1.85. The maximum absolute atomic E-state index is 11.2. The van der Waals surface area contributed by atoms with E-state index in [1.807, 2.05) is 11.5 Å². The van der Waals surface area contributed by atoms with Crippen LogP contribution in [0.15, 0.2) is 30.6 Å². The lowest BCUT2D eigenvalue weighted by atomic mass is 10.2. The number of rotatable bonds is 2. The van der Waals surface area contributed by atoms with Crippen LogP contribution in [-0.2, 0) is 0 Å². The minimum atomic E-state index is -0.481. The smallest absolute Gasteiger partial charge is 0.248 e. The summed E-state index contributed by atoms with van der Waals surface area (Å²) in [6.45, 7) is 1.85. The molecule has 0 aliphatic heterocycles. The van der Waals surface area contributed by atoms with Gasteiger partial charge in [-0.3, -0.25) is 9.36 Å². The zero-order valence-corrected chi connectivity index (χ0v) is 10.7. The van der Waals surface area contributed by atoms with E-state index >= 15 is 0 Å². The zero-order chi connectivity index (χ0) is 14.3. The molecule has 100 valence electrons. The van der Waals surface area contributed by atoms with Crippen molar-refractivity contribution in [2.45, 2.75) is 6.92 Å². The quantitative estimate of drug-likeness (QED) is 0.714. The van der Waals surface area contributed by atoms with Crippen LogP contribution in [0.25, 0.3) is 16.9 Å². The molecule has 0 saturated carbocycles. The fraction of sp³-hybridized carbons (Fsp3) is 0.0769. The minimum absolute atomic E-state index is 0.380. The molecule has 2 aromatic heterocycles.